The SMILES string of the molecule is COCCN1CC(C(=O)N(Cc2ccccn2)C2CCCNCC2)CC1=O.Cl. The second-order valence-corrected chi connectivity index (χ2v) is 7.36. The molecule has 2 amide bonds. The summed E-state index contributed by atoms with van der Waals surface area (Å²) in [6, 6.07) is 5.98. The average molecular weight is 411 g/mol. The van der Waals surface area contributed by atoms with Gasteiger partial charge in [-0.1, -0.05) is 6.07 Å². The smallest absolute Gasteiger partial charge is 0.228 e. The summed E-state index contributed by atoms with van der Waals surface area (Å²) in [7, 11) is 1.62. The average Bonchev–Trinajstić information content (AvgIpc) is 2.88. The molecule has 2 atom stereocenters. The Morgan fingerprint density at radius 2 is 2.21 bits per heavy atom. The first-order valence-electron chi connectivity index (χ1n) is 9.87. The van der Waals surface area contributed by atoms with Crippen LogP contribution in [0, 0.1) is 5.92 Å². The summed E-state index contributed by atoms with van der Waals surface area (Å²) in [5.74, 6) is -0.138. The number of carbonyl (C=O) groups excluding carboxylic acids is 2. The molecule has 7 nitrogen and oxygen atoms in total. The molecule has 3 heterocycles. The lowest BCUT2D eigenvalue weighted by Gasteiger charge is -2.33. The number of hydrogen-bond acceptors (Lipinski definition) is 5. The van der Waals surface area contributed by atoms with Crippen molar-refractivity contribution in [3.05, 3.63) is 30.1 Å². The summed E-state index contributed by atoms with van der Waals surface area (Å²) in [4.78, 5) is 33.8. The molecule has 2 aliphatic heterocycles. The summed E-state index contributed by atoms with van der Waals surface area (Å²) in [5, 5.41) is 3.41. The van der Waals surface area contributed by atoms with Crippen LogP contribution in [0.25, 0.3) is 0 Å². The Morgan fingerprint density at radius 1 is 1.36 bits per heavy atom. The predicted octanol–water partition coefficient (Wildman–Crippen LogP) is 1.47. The fourth-order valence-electron chi connectivity index (χ4n) is 3.96. The van der Waals surface area contributed by atoms with Crippen LogP contribution in [0.3, 0.4) is 0 Å². The van der Waals surface area contributed by atoms with Gasteiger partial charge in [-0.25, -0.2) is 0 Å². The number of likely N-dealkylation sites (tertiary alicyclic amines) is 1. The van der Waals surface area contributed by atoms with Gasteiger partial charge in [-0.3, -0.25) is 14.6 Å². The summed E-state index contributed by atoms with van der Waals surface area (Å²) in [5.41, 5.74) is 0.892. The third kappa shape index (κ3) is 5.90. The lowest BCUT2D eigenvalue weighted by atomic mass is 10.0. The van der Waals surface area contributed by atoms with Gasteiger partial charge in [0.15, 0.2) is 0 Å². The van der Waals surface area contributed by atoms with Gasteiger partial charge in [-0.2, -0.15) is 0 Å². The molecule has 2 saturated heterocycles. The molecule has 0 saturated carbocycles. The lowest BCUT2D eigenvalue weighted by molar-refractivity contribution is -0.139. The van der Waals surface area contributed by atoms with E-state index in [1.54, 1.807) is 18.2 Å². The van der Waals surface area contributed by atoms with Crippen molar-refractivity contribution in [2.24, 2.45) is 5.92 Å². The van der Waals surface area contributed by atoms with Crippen molar-refractivity contribution >= 4 is 24.2 Å². The minimum Gasteiger partial charge on any atom is -0.383 e. The maximum atomic E-state index is 13.4. The monoisotopic (exact) mass is 410 g/mol. The Kier molecular flexibility index (Phi) is 9.15. The molecule has 28 heavy (non-hydrogen) atoms. The summed E-state index contributed by atoms with van der Waals surface area (Å²) < 4.78 is 5.08. The van der Waals surface area contributed by atoms with Crippen LogP contribution in [-0.4, -0.2) is 72.5 Å². The Bertz CT molecular complexity index is 623. The number of nitrogens with one attached hydrogen (secondary N) is 1. The van der Waals surface area contributed by atoms with E-state index in [2.05, 4.69) is 10.3 Å². The highest BCUT2D eigenvalue weighted by molar-refractivity contribution is 5.89. The zero-order chi connectivity index (χ0) is 19.1. The number of hydrogen-bond donors (Lipinski definition) is 1. The van der Waals surface area contributed by atoms with Gasteiger partial charge in [0, 0.05) is 38.9 Å². The number of rotatable bonds is 7. The summed E-state index contributed by atoms with van der Waals surface area (Å²) in [6.45, 7) is 3.96. The van der Waals surface area contributed by atoms with Gasteiger partial charge in [0.1, 0.15) is 0 Å². The minimum absolute atomic E-state index is 0. The second kappa shape index (κ2) is 11.3. The van der Waals surface area contributed by atoms with Crippen LogP contribution in [0.2, 0.25) is 0 Å². The van der Waals surface area contributed by atoms with Crippen LogP contribution < -0.4 is 5.32 Å². The number of pyridine rings is 1. The zero-order valence-electron chi connectivity index (χ0n) is 16.5. The second-order valence-electron chi connectivity index (χ2n) is 7.36. The molecule has 1 aromatic rings. The van der Waals surface area contributed by atoms with Crippen molar-refractivity contribution in [3.63, 3.8) is 0 Å². The molecular formula is C20H31ClN4O3. The molecule has 1 aromatic heterocycles. The first kappa shape index (κ1) is 22.6. The van der Waals surface area contributed by atoms with E-state index in [0.29, 0.717) is 32.7 Å². The van der Waals surface area contributed by atoms with Crippen LogP contribution in [0.1, 0.15) is 31.4 Å². The van der Waals surface area contributed by atoms with E-state index in [1.165, 1.54) is 0 Å². The van der Waals surface area contributed by atoms with Crippen molar-refractivity contribution < 1.29 is 14.3 Å². The predicted molar refractivity (Wildman–Crippen MR) is 109 cm³/mol. The fourth-order valence-corrected chi connectivity index (χ4v) is 3.96. The van der Waals surface area contributed by atoms with E-state index in [9.17, 15) is 9.59 Å². The highest BCUT2D eigenvalue weighted by Crippen LogP contribution is 2.25. The Hall–Kier alpha value is -1.70. The largest absolute Gasteiger partial charge is 0.383 e. The topological polar surface area (TPSA) is 74.8 Å². The molecule has 2 fully saturated rings. The molecule has 1 N–H and O–H groups in total. The van der Waals surface area contributed by atoms with Crippen molar-refractivity contribution in [1.29, 1.82) is 0 Å². The Labute approximate surface area is 173 Å². The lowest BCUT2D eigenvalue weighted by Crippen LogP contribution is -2.44. The molecule has 156 valence electrons. The van der Waals surface area contributed by atoms with E-state index >= 15 is 0 Å². The molecule has 2 unspecified atom stereocenters. The fraction of sp³-hybridized carbons (Fsp3) is 0.650. The maximum absolute atomic E-state index is 13.4. The molecule has 0 aromatic carbocycles. The molecule has 3 rings (SSSR count). The first-order chi connectivity index (χ1) is 13.2. The van der Waals surface area contributed by atoms with Crippen LogP contribution in [0.5, 0.6) is 0 Å². The van der Waals surface area contributed by atoms with Crippen molar-refractivity contribution in [2.45, 2.75) is 38.3 Å². The molecule has 0 aliphatic carbocycles. The van der Waals surface area contributed by atoms with Crippen molar-refractivity contribution in [1.82, 2.24) is 20.1 Å². The van der Waals surface area contributed by atoms with Gasteiger partial charge < -0.3 is 19.9 Å². The quantitative estimate of drug-likeness (QED) is 0.736. The molecule has 0 radical (unpaired) electrons. The van der Waals surface area contributed by atoms with Crippen LogP contribution >= 0.6 is 12.4 Å². The molecule has 8 heteroatoms. The third-order valence-corrected chi connectivity index (χ3v) is 5.46. The third-order valence-electron chi connectivity index (χ3n) is 5.46. The number of methoxy groups -OCH3 is 1. The molecule has 0 bridgehead atoms. The normalized spacial score (nSPS) is 22.5. The maximum Gasteiger partial charge on any atom is 0.228 e. The number of nitrogens with zero attached hydrogens (tertiary/aromatic N) is 3. The van der Waals surface area contributed by atoms with E-state index < -0.39 is 0 Å². The Balaban J connectivity index is 0.00000280. The summed E-state index contributed by atoms with van der Waals surface area (Å²) in [6.07, 6.45) is 5.04. The van der Waals surface area contributed by atoms with Gasteiger partial charge >= 0.3 is 0 Å². The zero-order valence-corrected chi connectivity index (χ0v) is 17.3. The van der Waals surface area contributed by atoms with E-state index in [0.717, 1.165) is 38.0 Å². The van der Waals surface area contributed by atoms with E-state index in [-0.39, 0.29) is 36.2 Å². The van der Waals surface area contributed by atoms with Gasteiger partial charge in [-0.15, -0.1) is 12.4 Å². The standard InChI is InChI=1S/C20H30N4O3.ClH/c1-27-12-11-23-14-16(13-19(23)25)20(26)24(15-17-5-2-3-9-22-17)18-6-4-8-21-10-7-18;/h2-3,5,9,16,18,21H,4,6-8,10-15H2,1H3;1H. The van der Waals surface area contributed by atoms with Gasteiger partial charge in [0.25, 0.3) is 0 Å². The number of amides is 2. The molecule has 2 aliphatic rings. The first-order valence-corrected chi connectivity index (χ1v) is 9.87. The van der Waals surface area contributed by atoms with Crippen LogP contribution in [0.4, 0.5) is 0 Å². The van der Waals surface area contributed by atoms with E-state index in [4.69, 9.17) is 4.74 Å². The highest BCUT2D eigenvalue weighted by Gasteiger charge is 2.38. The van der Waals surface area contributed by atoms with Crippen molar-refractivity contribution in [2.75, 3.05) is 39.9 Å². The number of aromatic nitrogens is 1. The number of halogens is 1. The van der Waals surface area contributed by atoms with Crippen LogP contribution in [-0.2, 0) is 20.9 Å². The van der Waals surface area contributed by atoms with E-state index in [1.807, 2.05) is 23.1 Å². The number of ether oxygens (including phenoxy) is 1. The van der Waals surface area contributed by atoms with Crippen LogP contribution in [0.15, 0.2) is 24.4 Å². The van der Waals surface area contributed by atoms with Crippen molar-refractivity contribution in [3.8, 4) is 0 Å². The highest BCUT2D eigenvalue weighted by atomic mass is 35.5. The number of carbonyl (C=O) groups is 2. The van der Waals surface area contributed by atoms with Gasteiger partial charge in [0.05, 0.1) is 24.8 Å². The Morgan fingerprint density at radius 3 is 2.96 bits per heavy atom. The molecular weight excluding hydrogens is 380 g/mol. The minimum atomic E-state index is -0.269. The summed E-state index contributed by atoms with van der Waals surface area (Å²) >= 11 is 0. The molecule has 0 spiro atoms. The van der Waals surface area contributed by atoms with Gasteiger partial charge in [0.2, 0.25) is 11.8 Å². The van der Waals surface area contributed by atoms with Gasteiger partial charge in [-0.05, 0) is 44.5 Å².